The number of rotatable bonds is 10. The van der Waals surface area contributed by atoms with Crippen LogP contribution in [-0.2, 0) is 9.59 Å². The summed E-state index contributed by atoms with van der Waals surface area (Å²) in [4.78, 5) is 27.3. The van der Waals surface area contributed by atoms with Crippen LogP contribution in [0.2, 0.25) is 0 Å². The highest BCUT2D eigenvalue weighted by atomic mass is 16.2. The van der Waals surface area contributed by atoms with Gasteiger partial charge in [-0.3, -0.25) is 14.5 Å². The van der Waals surface area contributed by atoms with E-state index in [-0.39, 0.29) is 43.8 Å². The van der Waals surface area contributed by atoms with Crippen LogP contribution in [0.25, 0.3) is 0 Å². The van der Waals surface area contributed by atoms with E-state index in [4.69, 9.17) is 10.5 Å². The minimum atomic E-state index is -0.162. The third kappa shape index (κ3) is 8.93. The molecule has 0 bridgehead atoms. The van der Waals surface area contributed by atoms with Crippen molar-refractivity contribution in [3.05, 3.63) is 0 Å². The van der Waals surface area contributed by atoms with Gasteiger partial charge < -0.3 is 10.2 Å². The van der Waals surface area contributed by atoms with Crippen molar-refractivity contribution < 1.29 is 9.59 Å². The SMILES string of the molecule is CCN(CC(=O)NC(C)C)CC(=O)N(CCC#N)CCC#N. The molecule has 0 aliphatic carbocycles. The fourth-order valence-electron chi connectivity index (χ4n) is 1.87. The lowest BCUT2D eigenvalue weighted by Gasteiger charge is -2.25. The van der Waals surface area contributed by atoms with E-state index in [1.807, 2.05) is 32.9 Å². The van der Waals surface area contributed by atoms with Gasteiger partial charge in [0.25, 0.3) is 0 Å². The number of nitrogens with zero attached hydrogens (tertiary/aromatic N) is 4. The summed E-state index contributed by atoms with van der Waals surface area (Å²) in [5.41, 5.74) is 0. The zero-order valence-electron chi connectivity index (χ0n) is 13.6. The molecule has 122 valence electrons. The molecule has 0 heterocycles. The van der Waals surface area contributed by atoms with E-state index in [1.165, 1.54) is 4.90 Å². The molecule has 22 heavy (non-hydrogen) atoms. The summed E-state index contributed by atoms with van der Waals surface area (Å²) in [6.45, 7) is 7.10. The van der Waals surface area contributed by atoms with Crippen LogP contribution in [0.4, 0.5) is 0 Å². The van der Waals surface area contributed by atoms with Crippen LogP contribution in [0.5, 0.6) is 0 Å². The average Bonchev–Trinajstić information content (AvgIpc) is 2.45. The molecule has 0 aromatic rings. The normalized spacial score (nSPS) is 10.1. The minimum Gasteiger partial charge on any atom is -0.353 e. The molecular weight excluding hydrogens is 282 g/mol. The third-order valence-corrected chi connectivity index (χ3v) is 2.96. The maximum atomic E-state index is 12.3. The summed E-state index contributed by atoms with van der Waals surface area (Å²) >= 11 is 0. The number of nitrogens with one attached hydrogen (secondary N) is 1. The van der Waals surface area contributed by atoms with Crippen molar-refractivity contribution in [1.82, 2.24) is 15.1 Å². The molecule has 0 saturated carbocycles. The summed E-state index contributed by atoms with van der Waals surface area (Å²) < 4.78 is 0. The fourth-order valence-corrected chi connectivity index (χ4v) is 1.87. The molecule has 0 aromatic carbocycles. The van der Waals surface area contributed by atoms with Crippen LogP contribution in [0.3, 0.4) is 0 Å². The highest BCUT2D eigenvalue weighted by Crippen LogP contribution is 1.99. The van der Waals surface area contributed by atoms with Crippen molar-refractivity contribution >= 4 is 11.8 Å². The number of hydrogen-bond donors (Lipinski definition) is 1. The van der Waals surface area contributed by atoms with Gasteiger partial charge in [0.1, 0.15) is 0 Å². The van der Waals surface area contributed by atoms with Crippen LogP contribution in [0.1, 0.15) is 33.6 Å². The Labute approximate surface area is 132 Å². The Morgan fingerprint density at radius 3 is 2.05 bits per heavy atom. The molecule has 0 radical (unpaired) electrons. The van der Waals surface area contributed by atoms with Gasteiger partial charge >= 0.3 is 0 Å². The number of amides is 2. The first-order valence-corrected chi connectivity index (χ1v) is 7.47. The van der Waals surface area contributed by atoms with Gasteiger partial charge in [-0.05, 0) is 20.4 Å². The Bertz CT molecular complexity index is 418. The summed E-state index contributed by atoms with van der Waals surface area (Å²) in [6, 6.07) is 4.05. The maximum absolute atomic E-state index is 12.3. The van der Waals surface area contributed by atoms with Gasteiger partial charge in [0.2, 0.25) is 11.8 Å². The zero-order valence-corrected chi connectivity index (χ0v) is 13.6. The second-order valence-corrected chi connectivity index (χ2v) is 5.22. The van der Waals surface area contributed by atoms with Crippen molar-refractivity contribution in [2.45, 2.75) is 39.7 Å². The monoisotopic (exact) mass is 307 g/mol. The van der Waals surface area contributed by atoms with Crippen LogP contribution in [0.15, 0.2) is 0 Å². The van der Waals surface area contributed by atoms with E-state index in [0.29, 0.717) is 19.6 Å². The number of nitriles is 2. The highest BCUT2D eigenvalue weighted by molar-refractivity contribution is 5.81. The number of likely N-dealkylation sites (N-methyl/N-ethyl adjacent to an activating group) is 1. The van der Waals surface area contributed by atoms with Crippen LogP contribution < -0.4 is 5.32 Å². The molecule has 0 aliphatic rings. The van der Waals surface area contributed by atoms with Gasteiger partial charge in [-0.2, -0.15) is 10.5 Å². The lowest BCUT2D eigenvalue weighted by Crippen LogP contribution is -2.45. The van der Waals surface area contributed by atoms with Crippen LogP contribution in [-0.4, -0.2) is 60.4 Å². The Kier molecular flexibility index (Phi) is 10.4. The fraction of sp³-hybridized carbons (Fsp3) is 0.733. The Balaban J connectivity index is 4.54. The quantitative estimate of drug-likeness (QED) is 0.633. The largest absolute Gasteiger partial charge is 0.353 e. The second kappa shape index (κ2) is 11.5. The number of hydrogen-bond acceptors (Lipinski definition) is 5. The summed E-state index contributed by atoms with van der Waals surface area (Å²) in [5.74, 6) is -0.282. The number of carbonyl (C=O) groups is 2. The molecular formula is C15H25N5O2. The molecule has 0 atom stereocenters. The topological polar surface area (TPSA) is 100 Å². The molecule has 7 heteroatoms. The van der Waals surface area contributed by atoms with Gasteiger partial charge in [0, 0.05) is 19.1 Å². The average molecular weight is 307 g/mol. The van der Waals surface area contributed by atoms with Crippen molar-refractivity contribution in [3.8, 4) is 12.1 Å². The van der Waals surface area contributed by atoms with Crippen molar-refractivity contribution in [1.29, 1.82) is 10.5 Å². The summed E-state index contributed by atoms with van der Waals surface area (Å²) in [7, 11) is 0. The van der Waals surface area contributed by atoms with Crippen LogP contribution >= 0.6 is 0 Å². The lowest BCUT2D eigenvalue weighted by atomic mass is 10.3. The van der Waals surface area contributed by atoms with Crippen molar-refractivity contribution in [2.75, 3.05) is 32.7 Å². The predicted octanol–water partition coefficient (Wildman–Crippen LogP) is 0.489. The second-order valence-electron chi connectivity index (χ2n) is 5.22. The lowest BCUT2D eigenvalue weighted by molar-refractivity contribution is -0.133. The first kappa shape index (κ1) is 19.9. The third-order valence-electron chi connectivity index (χ3n) is 2.96. The molecule has 0 aliphatic heterocycles. The van der Waals surface area contributed by atoms with E-state index in [0.717, 1.165) is 0 Å². The molecule has 7 nitrogen and oxygen atoms in total. The maximum Gasteiger partial charge on any atom is 0.236 e. The Hall–Kier alpha value is -2.12. The van der Waals surface area contributed by atoms with E-state index in [2.05, 4.69) is 5.32 Å². The van der Waals surface area contributed by atoms with Gasteiger partial charge in [0.15, 0.2) is 0 Å². The van der Waals surface area contributed by atoms with E-state index in [1.54, 1.807) is 4.90 Å². The minimum absolute atomic E-state index is 0.0599. The molecule has 0 spiro atoms. The smallest absolute Gasteiger partial charge is 0.236 e. The van der Waals surface area contributed by atoms with E-state index in [9.17, 15) is 9.59 Å². The van der Waals surface area contributed by atoms with Crippen molar-refractivity contribution in [2.24, 2.45) is 0 Å². The molecule has 0 rings (SSSR count). The first-order valence-electron chi connectivity index (χ1n) is 7.47. The van der Waals surface area contributed by atoms with E-state index < -0.39 is 0 Å². The standard InChI is InChI=1S/C15H25N5O2/c1-4-19(11-14(21)18-13(2)3)12-15(22)20(9-5-7-16)10-6-8-17/h13H,4-6,9-12H2,1-3H3,(H,18,21). The molecule has 0 saturated heterocycles. The number of carbonyl (C=O) groups excluding carboxylic acids is 2. The van der Waals surface area contributed by atoms with Crippen LogP contribution in [0, 0.1) is 22.7 Å². The van der Waals surface area contributed by atoms with E-state index >= 15 is 0 Å². The molecule has 0 fully saturated rings. The zero-order chi connectivity index (χ0) is 17.0. The highest BCUT2D eigenvalue weighted by Gasteiger charge is 2.18. The molecule has 0 unspecified atom stereocenters. The molecule has 0 aromatic heterocycles. The molecule has 1 N–H and O–H groups in total. The predicted molar refractivity (Wildman–Crippen MR) is 82.4 cm³/mol. The Morgan fingerprint density at radius 1 is 1.09 bits per heavy atom. The Morgan fingerprint density at radius 2 is 1.64 bits per heavy atom. The van der Waals surface area contributed by atoms with Gasteiger partial charge in [-0.1, -0.05) is 6.92 Å². The van der Waals surface area contributed by atoms with Gasteiger partial charge in [-0.25, -0.2) is 0 Å². The molecule has 2 amide bonds. The first-order chi connectivity index (χ1) is 10.4. The van der Waals surface area contributed by atoms with Gasteiger partial charge in [0.05, 0.1) is 38.1 Å². The summed E-state index contributed by atoms with van der Waals surface area (Å²) in [6.07, 6.45) is 0.467. The van der Waals surface area contributed by atoms with Crippen molar-refractivity contribution in [3.63, 3.8) is 0 Å². The summed E-state index contributed by atoms with van der Waals surface area (Å²) in [5, 5.41) is 20.1. The van der Waals surface area contributed by atoms with Gasteiger partial charge in [-0.15, -0.1) is 0 Å².